The number of ether oxygens (including phenoxy) is 1. The largest absolute Gasteiger partial charge is 0.489 e. The highest BCUT2D eigenvalue weighted by Crippen LogP contribution is 2.22. The fourth-order valence-corrected chi connectivity index (χ4v) is 1.86. The second-order valence-corrected chi connectivity index (χ2v) is 4.56. The maximum Gasteiger partial charge on any atom is 0.150 e. The van der Waals surface area contributed by atoms with E-state index in [4.69, 9.17) is 27.9 Å². The number of carbonyl (C=O) groups is 1. The van der Waals surface area contributed by atoms with Crippen molar-refractivity contribution in [2.24, 2.45) is 0 Å². The van der Waals surface area contributed by atoms with E-state index in [1.807, 2.05) is 0 Å². The Kier molecular flexibility index (Phi) is 4.24. The van der Waals surface area contributed by atoms with Crippen molar-refractivity contribution in [2.75, 3.05) is 0 Å². The lowest BCUT2D eigenvalue weighted by Crippen LogP contribution is -1.96. The first-order chi connectivity index (χ1) is 8.69. The highest BCUT2D eigenvalue weighted by molar-refractivity contribution is 6.33. The molecule has 2 nitrogen and oxygen atoms in total. The van der Waals surface area contributed by atoms with Crippen molar-refractivity contribution < 1.29 is 9.53 Å². The van der Waals surface area contributed by atoms with E-state index < -0.39 is 0 Å². The summed E-state index contributed by atoms with van der Waals surface area (Å²) in [7, 11) is 0. The monoisotopic (exact) mass is 280 g/mol. The fourth-order valence-electron chi connectivity index (χ4n) is 1.49. The molecular weight excluding hydrogens is 271 g/mol. The molecule has 2 aromatic rings. The van der Waals surface area contributed by atoms with Gasteiger partial charge in [-0.3, -0.25) is 4.79 Å². The summed E-state index contributed by atoms with van der Waals surface area (Å²) in [6, 6.07) is 12.1. The molecule has 0 saturated carbocycles. The number of halogens is 2. The molecule has 0 amide bonds. The first-order valence-electron chi connectivity index (χ1n) is 5.31. The standard InChI is InChI=1S/C14H10Cl2O2/c15-12-4-5-14(16)11(7-12)9-18-13-3-1-2-10(6-13)8-17/h1-8H,9H2. The van der Waals surface area contributed by atoms with Crippen molar-refractivity contribution in [2.45, 2.75) is 6.61 Å². The van der Waals surface area contributed by atoms with Gasteiger partial charge in [0.1, 0.15) is 18.6 Å². The molecule has 92 valence electrons. The highest BCUT2D eigenvalue weighted by atomic mass is 35.5. The minimum atomic E-state index is 0.307. The van der Waals surface area contributed by atoms with Crippen LogP contribution in [0.2, 0.25) is 10.0 Å². The first-order valence-corrected chi connectivity index (χ1v) is 6.06. The molecule has 0 heterocycles. The molecule has 0 aliphatic rings. The Balaban J connectivity index is 2.11. The van der Waals surface area contributed by atoms with Crippen LogP contribution in [0.3, 0.4) is 0 Å². The van der Waals surface area contributed by atoms with Crippen LogP contribution in [0, 0.1) is 0 Å². The van der Waals surface area contributed by atoms with Gasteiger partial charge in [-0.1, -0.05) is 35.3 Å². The molecule has 2 rings (SSSR count). The molecular formula is C14H10Cl2O2. The van der Waals surface area contributed by atoms with Crippen LogP contribution in [0.1, 0.15) is 15.9 Å². The molecule has 0 fully saturated rings. The Labute approximate surface area is 115 Å². The van der Waals surface area contributed by atoms with E-state index in [0.717, 1.165) is 11.8 Å². The van der Waals surface area contributed by atoms with E-state index in [2.05, 4.69) is 0 Å². The quantitative estimate of drug-likeness (QED) is 0.777. The lowest BCUT2D eigenvalue weighted by Gasteiger charge is -2.08. The van der Waals surface area contributed by atoms with Crippen LogP contribution < -0.4 is 4.74 Å². The van der Waals surface area contributed by atoms with E-state index in [-0.39, 0.29) is 0 Å². The molecule has 0 bridgehead atoms. The maximum absolute atomic E-state index is 10.6. The Bertz CT molecular complexity index is 567. The third kappa shape index (κ3) is 3.25. The predicted octanol–water partition coefficient (Wildman–Crippen LogP) is 4.38. The Morgan fingerprint density at radius 2 is 1.94 bits per heavy atom. The molecule has 0 N–H and O–H groups in total. The summed E-state index contributed by atoms with van der Waals surface area (Å²) in [5.41, 5.74) is 1.38. The topological polar surface area (TPSA) is 26.3 Å². The van der Waals surface area contributed by atoms with Gasteiger partial charge in [0.2, 0.25) is 0 Å². The van der Waals surface area contributed by atoms with E-state index >= 15 is 0 Å². The van der Waals surface area contributed by atoms with Crippen molar-refractivity contribution in [1.29, 1.82) is 0 Å². The minimum Gasteiger partial charge on any atom is -0.489 e. The average Bonchev–Trinajstić information content (AvgIpc) is 2.40. The van der Waals surface area contributed by atoms with Gasteiger partial charge in [-0.2, -0.15) is 0 Å². The van der Waals surface area contributed by atoms with Gasteiger partial charge >= 0.3 is 0 Å². The molecule has 0 aliphatic carbocycles. The third-order valence-electron chi connectivity index (χ3n) is 2.40. The van der Waals surface area contributed by atoms with Gasteiger partial charge in [0.25, 0.3) is 0 Å². The highest BCUT2D eigenvalue weighted by Gasteiger charge is 2.03. The molecule has 0 saturated heterocycles. The number of aldehydes is 1. The smallest absolute Gasteiger partial charge is 0.150 e. The molecule has 0 unspecified atom stereocenters. The lowest BCUT2D eigenvalue weighted by atomic mass is 10.2. The van der Waals surface area contributed by atoms with Crippen LogP contribution >= 0.6 is 23.2 Å². The van der Waals surface area contributed by atoms with Crippen LogP contribution in [0.4, 0.5) is 0 Å². The number of rotatable bonds is 4. The van der Waals surface area contributed by atoms with Crippen LogP contribution in [0.25, 0.3) is 0 Å². The Morgan fingerprint density at radius 3 is 2.72 bits per heavy atom. The predicted molar refractivity (Wildman–Crippen MR) is 72.6 cm³/mol. The third-order valence-corrected chi connectivity index (χ3v) is 3.00. The zero-order chi connectivity index (χ0) is 13.0. The van der Waals surface area contributed by atoms with E-state index in [0.29, 0.717) is 28.0 Å². The number of benzene rings is 2. The molecule has 0 aromatic heterocycles. The van der Waals surface area contributed by atoms with Crippen molar-refractivity contribution in [1.82, 2.24) is 0 Å². The van der Waals surface area contributed by atoms with Crippen molar-refractivity contribution in [3.8, 4) is 5.75 Å². The minimum absolute atomic E-state index is 0.307. The SMILES string of the molecule is O=Cc1cccc(OCc2cc(Cl)ccc2Cl)c1. The normalized spacial score (nSPS) is 10.1. The van der Waals surface area contributed by atoms with Gasteiger partial charge in [-0.25, -0.2) is 0 Å². The van der Waals surface area contributed by atoms with Gasteiger partial charge in [0.05, 0.1) is 0 Å². The summed E-state index contributed by atoms with van der Waals surface area (Å²) in [6.07, 6.45) is 0.777. The van der Waals surface area contributed by atoms with Gasteiger partial charge in [0, 0.05) is 21.2 Å². The van der Waals surface area contributed by atoms with Crippen LogP contribution in [0.15, 0.2) is 42.5 Å². The van der Waals surface area contributed by atoms with E-state index in [1.54, 1.807) is 42.5 Å². The molecule has 0 atom stereocenters. The van der Waals surface area contributed by atoms with Crippen LogP contribution in [-0.4, -0.2) is 6.29 Å². The zero-order valence-corrected chi connectivity index (χ0v) is 10.9. The first kappa shape index (κ1) is 12.9. The van der Waals surface area contributed by atoms with Gasteiger partial charge in [-0.05, 0) is 30.3 Å². The lowest BCUT2D eigenvalue weighted by molar-refractivity contribution is 0.112. The van der Waals surface area contributed by atoms with Crippen molar-refractivity contribution in [3.63, 3.8) is 0 Å². The summed E-state index contributed by atoms with van der Waals surface area (Å²) in [5.74, 6) is 0.621. The zero-order valence-electron chi connectivity index (χ0n) is 9.40. The second-order valence-electron chi connectivity index (χ2n) is 3.71. The number of carbonyl (C=O) groups excluding carboxylic acids is 1. The van der Waals surface area contributed by atoms with Crippen LogP contribution in [-0.2, 0) is 6.61 Å². The van der Waals surface area contributed by atoms with Gasteiger partial charge in [0.15, 0.2) is 0 Å². The molecule has 0 spiro atoms. The summed E-state index contributed by atoms with van der Waals surface area (Å²) < 4.78 is 5.57. The van der Waals surface area contributed by atoms with Gasteiger partial charge < -0.3 is 4.74 Å². The summed E-state index contributed by atoms with van der Waals surface area (Å²) in [6.45, 7) is 0.307. The van der Waals surface area contributed by atoms with Crippen LogP contribution in [0.5, 0.6) is 5.75 Å². The fraction of sp³-hybridized carbons (Fsp3) is 0.0714. The molecule has 18 heavy (non-hydrogen) atoms. The molecule has 2 aromatic carbocycles. The molecule has 0 radical (unpaired) electrons. The Hall–Kier alpha value is -1.51. The average molecular weight is 281 g/mol. The van der Waals surface area contributed by atoms with E-state index in [9.17, 15) is 4.79 Å². The number of hydrogen-bond acceptors (Lipinski definition) is 2. The summed E-state index contributed by atoms with van der Waals surface area (Å²) in [5, 5.41) is 1.21. The summed E-state index contributed by atoms with van der Waals surface area (Å²) >= 11 is 11.9. The van der Waals surface area contributed by atoms with E-state index in [1.165, 1.54) is 0 Å². The summed E-state index contributed by atoms with van der Waals surface area (Å²) in [4.78, 5) is 10.6. The maximum atomic E-state index is 10.6. The Morgan fingerprint density at radius 1 is 1.11 bits per heavy atom. The second kappa shape index (κ2) is 5.89. The molecule has 4 heteroatoms. The van der Waals surface area contributed by atoms with Crippen molar-refractivity contribution in [3.05, 3.63) is 63.6 Å². The van der Waals surface area contributed by atoms with Gasteiger partial charge in [-0.15, -0.1) is 0 Å². The number of hydrogen-bond donors (Lipinski definition) is 0. The van der Waals surface area contributed by atoms with Crippen molar-refractivity contribution >= 4 is 29.5 Å². The molecule has 0 aliphatic heterocycles.